The van der Waals surface area contributed by atoms with Crippen LogP contribution in [0.3, 0.4) is 0 Å². The Morgan fingerprint density at radius 1 is 1.04 bits per heavy atom. The van der Waals surface area contributed by atoms with Gasteiger partial charge < -0.3 is 25.4 Å². The van der Waals surface area contributed by atoms with Crippen LogP contribution >= 0.6 is 24.0 Å². The number of guanidine groups is 1. The summed E-state index contributed by atoms with van der Waals surface area (Å²) in [6.45, 7) is 4.02. The van der Waals surface area contributed by atoms with Crippen LogP contribution in [-0.2, 0) is 11.2 Å². The first-order chi connectivity index (χ1) is 12.1. The molecule has 8 heteroatoms. The standard InChI is InChI=1S/C18H30N4O3.HI/c1-5-10-20-17(23)9-12-22-18(19-2)21-11-8-14-6-7-15(24-3)16(13-14)25-4;/h6-7,13H,5,8-12H2,1-4H3,(H,20,23)(H2,19,21,22);1H. The third kappa shape index (κ3) is 9.12. The third-order valence-corrected chi connectivity index (χ3v) is 3.59. The molecule has 0 radical (unpaired) electrons. The summed E-state index contributed by atoms with van der Waals surface area (Å²) >= 11 is 0. The number of hydrogen-bond acceptors (Lipinski definition) is 4. The van der Waals surface area contributed by atoms with Crippen molar-refractivity contribution in [2.45, 2.75) is 26.2 Å². The Morgan fingerprint density at radius 3 is 2.35 bits per heavy atom. The summed E-state index contributed by atoms with van der Waals surface area (Å²) in [4.78, 5) is 15.7. The quantitative estimate of drug-likeness (QED) is 0.272. The molecule has 0 aliphatic carbocycles. The summed E-state index contributed by atoms with van der Waals surface area (Å²) in [6, 6.07) is 5.88. The lowest BCUT2D eigenvalue weighted by molar-refractivity contribution is -0.120. The van der Waals surface area contributed by atoms with Crippen LogP contribution in [0.2, 0.25) is 0 Å². The second kappa shape index (κ2) is 14.5. The number of hydrogen-bond donors (Lipinski definition) is 3. The molecule has 0 spiro atoms. The van der Waals surface area contributed by atoms with Crippen LogP contribution in [0.25, 0.3) is 0 Å². The average molecular weight is 478 g/mol. The van der Waals surface area contributed by atoms with Gasteiger partial charge in [-0.3, -0.25) is 9.79 Å². The van der Waals surface area contributed by atoms with Crippen LogP contribution in [-0.4, -0.2) is 52.8 Å². The van der Waals surface area contributed by atoms with E-state index in [0.717, 1.165) is 43.0 Å². The minimum atomic E-state index is 0. The van der Waals surface area contributed by atoms with E-state index in [1.807, 2.05) is 25.1 Å². The van der Waals surface area contributed by atoms with E-state index < -0.39 is 0 Å². The van der Waals surface area contributed by atoms with Crippen LogP contribution in [0, 0.1) is 0 Å². The highest BCUT2D eigenvalue weighted by molar-refractivity contribution is 14.0. The van der Waals surface area contributed by atoms with Gasteiger partial charge >= 0.3 is 0 Å². The summed E-state index contributed by atoms with van der Waals surface area (Å²) in [5.74, 6) is 2.18. The Bertz CT molecular complexity index is 567. The number of carbonyl (C=O) groups excluding carboxylic acids is 1. The number of rotatable bonds is 10. The van der Waals surface area contributed by atoms with Gasteiger partial charge in [-0.05, 0) is 30.5 Å². The summed E-state index contributed by atoms with van der Waals surface area (Å²) in [7, 11) is 4.96. The van der Waals surface area contributed by atoms with Crippen LogP contribution in [0.15, 0.2) is 23.2 Å². The Kier molecular flexibility index (Phi) is 13.5. The van der Waals surface area contributed by atoms with Gasteiger partial charge in [0.2, 0.25) is 5.91 Å². The van der Waals surface area contributed by atoms with E-state index >= 15 is 0 Å². The number of amides is 1. The SMILES string of the molecule is CCCNC(=O)CCNC(=NC)NCCc1ccc(OC)c(OC)c1.I. The van der Waals surface area contributed by atoms with E-state index in [1.54, 1.807) is 21.3 Å². The van der Waals surface area contributed by atoms with Crippen molar-refractivity contribution in [3.05, 3.63) is 23.8 Å². The van der Waals surface area contributed by atoms with Crippen LogP contribution in [0.4, 0.5) is 0 Å². The van der Waals surface area contributed by atoms with Crippen molar-refractivity contribution in [1.29, 1.82) is 0 Å². The Hall–Kier alpha value is -1.71. The van der Waals surface area contributed by atoms with E-state index in [2.05, 4.69) is 20.9 Å². The molecule has 0 aromatic heterocycles. The predicted molar refractivity (Wildman–Crippen MR) is 116 cm³/mol. The molecule has 0 atom stereocenters. The second-order valence-electron chi connectivity index (χ2n) is 5.47. The van der Waals surface area contributed by atoms with Crippen molar-refractivity contribution in [3.63, 3.8) is 0 Å². The van der Waals surface area contributed by atoms with Gasteiger partial charge in [0, 0.05) is 33.1 Å². The average Bonchev–Trinajstić information content (AvgIpc) is 2.64. The van der Waals surface area contributed by atoms with Gasteiger partial charge in [-0.25, -0.2) is 0 Å². The molecule has 0 unspecified atom stereocenters. The van der Waals surface area contributed by atoms with Crippen LogP contribution in [0.1, 0.15) is 25.3 Å². The van der Waals surface area contributed by atoms with Crippen molar-refractivity contribution in [2.24, 2.45) is 4.99 Å². The van der Waals surface area contributed by atoms with Gasteiger partial charge in [-0.15, -0.1) is 24.0 Å². The van der Waals surface area contributed by atoms with Crippen LogP contribution < -0.4 is 25.4 Å². The highest BCUT2D eigenvalue weighted by atomic mass is 127. The van der Waals surface area contributed by atoms with E-state index in [0.29, 0.717) is 18.9 Å². The first-order valence-electron chi connectivity index (χ1n) is 8.56. The van der Waals surface area contributed by atoms with Crippen molar-refractivity contribution in [2.75, 3.05) is 40.9 Å². The molecule has 0 heterocycles. The van der Waals surface area contributed by atoms with E-state index in [9.17, 15) is 4.79 Å². The lowest BCUT2D eigenvalue weighted by atomic mass is 10.1. The molecule has 3 N–H and O–H groups in total. The molecule has 0 saturated heterocycles. The molecule has 1 aromatic carbocycles. The number of methoxy groups -OCH3 is 2. The normalized spacial score (nSPS) is 10.5. The van der Waals surface area contributed by atoms with Gasteiger partial charge in [0.05, 0.1) is 14.2 Å². The lowest BCUT2D eigenvalue weighted by Crippen LogP contribution is -2.40. The highest BCUT2D eigenvalue weighted by Gasteiger charge is 2.05. The molecule has 1 rings (SSSR count). The summed E-state index contributed by atoms with van der Waals surface area (Å²) in [6.07, 6.45) is 2.19. The van der Waals surface area contributed by atoms with Gasteiger partial charge in [-0.2, -0.15) is 0 Å². The van der Waals surface area contributed by atoms with Crippen molar-refractivity contribution in [1.82, 2.24) is 16.0 Å². The summed E-state index contributed by atoms with van der Waals surface area (Å²) in [5.41, 5.74) is 1.14. The molecule has 0 bridgehead atoms. The Labute approximate surface area is 173 Å². The smallest absolute Gasteiger partial charge is 0.221 e. The Morgan fingerprint density at radius 2 is 1.73 bits per heavy atom. The topological polar surface area (TPSA) is 84.0 Å². The molecule has 0 saturated carbocycles. The first kappa shape index (κ1) is 24.3. The second-order valence-corrected chi connectivity index (χ2v) is 5.47. The zero-order valence-corrected chi connectivity index (χ0v) is 18.4. The maximum absolute atomic E-state index is 11.6. The molecule has 0 fully saturated rings. The fourth-order valence-electron chi connectivity index (χ4n) is 2.23. The van der Waals surface area contributed by atoms with E-state index in [-0.39, 0.29) is 29.9 Å². The lowest BCUT2D eigenvalue weighted by Gasteiger charge is -2.13. The predicted octanol–water partition coefficient (Wildman–Crippen LogP) is 1.95. The number of halogens is 1. The van der Waals surface area contributed by atoms with Crippen LogP contribution in [0.5, 0.6) is 11.5 Å². The monoisotopic (exact) mass is 478 g/mol. The summed E-state index contributed by atoms with van der Waals surface area (Å²) in [5, 5.41) is 9.22. The number of nitrogens with one attached hydrogen (secondary N) is 3. The molecule has 1 aromatic rings. The molecule has 26 heavy (non-hydrogen) atoms. The number of nitrogens with zero attached hydrogens (tertiary/aromatic N) is 1. The van der Waals surface area contributed by atoms with Gasteiger partial charge in [0.25, 0.3) is 0 Å². The van der Waals surface area contributed by atoms with E-state index in [1.165, 1.54) is 0 Å². The molecule has 0 aliphatic rings. The molecular weight excluding hydrogens is 447 g/mol. The zero-order chi connectivity index (χ0) is 18.5. The third-order valence-electron chi connectivity index (χ3n) is 3.59. The van der Waals surface area contributed by atoms with Crippen molar-refractivity contribution in [3.8, 4) is 11.5 Å². The van der Waals surface area contributed by atoms with Gasteiger partial charge in [0.15, 0.2) is 17.5 Å². The number of aliphatic imine (C=N–C) groups is 1. The maximum Gasteiger partial charge on any atom is 0.221 e. The van der Waals surface area contributed by atoms with Gasteiger partial charge in [-0.1, -0.05) is 13.0 Å². The highest BCUT2D eigenvalue weighted by Crippen LogP contribution is 2.27. The maximum atomic E-state index is 11.6. The number of carbonyl (C=O) groups is 1. The largest absolute Gasteiger partial charge is 0.493 e. The summed E-state index contributed by atoms with van der Waals surface area (Å²) < 4.78 is 10.5. The molecule has 7 nitrogen and oxygen atoms in total. The van der Waals surface area contributed by atoms with E-state index in [4.69, 9.17) is 9.47 Å². The molecular formula is C18H31IN4O3. The number of benzene rings is 1. The molecule has 148 valence electrons. The fourth-order valence-corrected chi connectivity index (χ4v) is 2.23. The van der Waals surface area contributed by atoms with Gasteiger partial charge in [0.1, 0.15) is 0 Å². The zero-order valence-electron chi connectivity index (χ0n) is 16.1. The fraction of sp³-hybridized carbons (Fsp3) is 0.556. The minimum Gasteiger partial charge on any atom is -0.493 e. The molecule has 0 aliphatic heterocycles. The number of ether oxygens (including phenoxy) is 2. The minimum absolute atomic E-state index is 0. The van der Waals surface area contributed by atoms with Crippen molar-refractivity contribution >= 4 is 35.8 Å². The molecule has 1 amide bonds. The van der Waals surface area contributed by atoms with Crippen molar-refractivity contribution < 1.29 is 14.3 Å². The first-order valence-corrected chi connectivity index (χ1v) is 8.56. The Balaban J connectivity index is 0.00000625.